The summed E-state index contributed by atoms with van der Waals surface area (Å²) in [6.45, 7) is 0.404. The molecule has 0 aliphatic carbocycles. The third-order valence-corrected chi connectivity index (χ3v) is 2.48. The van der Waals surface area contributed by atoms with Gasteiger partial charge in [-0.05, 0) is 24.3 Å². The second-order valence-corrected chi connectivity index (χ2v) is 4.01. The number of hydrogen-bond donors (Lipinski definition) is 1. The Hall–Kier alpha value is -1.46. The van der Waals surface area contributed by atoms with Crippen LogP contribution in [0.1, 0.15) is 5.56 Å². The average molecular weight is 280 g/mol. The van der Waals surface area contributed by atoms with Crippen LogP contribution in [0, 0.1) is 0 Å². The van der Waals surface area contributed by atoms with Crippen molar-refractivity contribution in [1.29, 1.82) is 0 Å². The number of benzene rings is 1. The molecule has 4 nitrogen and oxygen atoms in total. The van der Waals surface area contributed by atoms with Crippen molar-refractivity contribution >= 4 is 15.9 Å². The average Bonchev–Trinajstić information content (AvgIpc) is 2.33. The summed E-state index contributed by atoms with van der Waals surface area (Å²) in [6, 6.07) is 7.69. The molecule has 1 aromatic heterocycles. The summed E-state index contributed by atoms with van der Waals surface area (Å²) in [5.41, 5.74) is 6.54. The number of nitrogens with zero attached hydrogens (tertiary/aromatic N) is 2. The van der Waals surface area contributed by atoms with E-state index >= 15 is 0 Å². The van der Waals surface area contributed by atoms with Crippen molar-refractivity contribution in [3.63, 3.8) is 0 Å². The van der Waals surface area contributed by atoms with Gasteiger partial charge < -0.3 is 10.5 Å². The number of halogens is 1. The Morgan fingerprint density at radius 3 is 2.69 bits per heavy atom. The monoisotopic (exact) mass is 279 g/mol. The largest absolute Gasteiger partial charge is 0.424 e. The number of nitrogens with two attached hydrogens (primary N) is 1. The van der Waals surface area contributed by atoms with Gasteiger partial charge in [0.15, 0.2) is 0 Å². The highest BCUT2D eigenvalue weighted by atomic mass is 79.9. The molecule has 2 rings (SSSR count). The molecule has 0 unspecified atom stereocenters. The molecule has 0 fully saturated rings. The van der Waals surface area contributed by atoms with Crippen LogP contribution in [0.15, 0.2) is 41.1 Å². The summed E-state index contributed by atoms with van der Waals surface area (Å²) in [5.74, 6) is 0.678. The molecule has 2 N–H and O–H groups in total. The zero-order valence-corrected chi connectivity index (χ0v) is 10.0. The van der Waals surface area contributed by atoms with Crippen LogP contribution in [0.25, 0.3) is 0 Å². The summed E-state index contributed by atoms with van der Waals surface area (Å²) in [5, 5.41) is 0. The van der Waals surface area contributed by atoms with Crippen LogP contribution >= 0.6 is 15.9 Å². The Morgan fingerprint density at radius 2 is 2.00 bits per heavy atom. The smallest absolute Gasteiger partial charge is 0.321 e. The van der Waals surface area contributed by atoms with Crippen LogP contribution in [0.3, 0.4) is 0 Å². The molecule has 1 aromatic carbocycles. The Bertz CT molecular complexity index is 476. The predicted molar refractivity (Wildman–Crippen MR) is 64.1 cm³/mol. The van der Waals surface area contributed by atoms with Crippen molar-refractivity contribution in [1.82, 2.24) is 9.97 Å². The fraction of sp³-hybridized carbons (Fsp3) is 0.0909. The minimum Gasteiger partial charge on any atom is -0.424 e. The van der Waals surface area contributed by atoms with Crippen molar-refractivity contribution in [3.8, 4) is 11.8 Å². The molecule has 1 heterocycles. The summed E-state index contributed by atoms with van der Waals surface area (Å²) in [6.07, 6.45) is 3.26. The molecule has 0 aliphatic heterocycles. The summed E-state index contributed by atoms with van der Waals surface area (Å²) >= 11 is 3.38. The van der Waals surface area contributed by atoms with Gasteiger partial charge in [0.2, 0.25) is 0 Å². The molecule has 0 bridgehead atoms. The number of rotatable bonds is 3. The molecule has 0 radical (unpaired) electrons. The highest BCUT2D eigenvalue weighted by molar-refractivity contribution is 9.10. The molecule has 0 spiro atoms. The lowest BCUT2D eigenvalue weighted by atomic mass is 10.2. The van der Waals surface area contributed by atoms with Gasteiger partial charge in [-0.3, -0.25) is 0 Å². The first kappa shape index (κ1) is 11.0. The Balaban J connectivity index is 2.28. The standard InChI is InChI=1S/C11H10BrN3O/c12-9-2-3-10(8(6-9)7-13)16-11-14-4-1-5-15-11/h1-6H,7,13H2. The van der Waals surface area contributed by atoms with Gasteiger partial charge in [-0.15, -0.1) is 0 Å². The zero-order chi connectivity index (χ0) is 11.4. The molecule has 82 valence electrons. The van der Waals surface area contributed by atoms with Crippen LogP contribution in [-0.2, 0) is 6.54 Å². The Morgan fingerprint density at radius 1 is 1.25 bits per heavy atom. The van der Waals surface area contributed by atoms with Gasteiger partial charge in [0.05, 0.1) is 0 Å². The predicted octanol–water partition coefficient (Wildman–Crippen LogP) is 2.49. The SMILES string of the molecule is NCc1cc(Br)ccc1Oc1ncccn1. The van der Waals surface area contributed by atoms with E-state index in [9.17, 15) is 0 Å². The highest BCUT2D eigenvalue weighted by Crippen LogP contribution is 2.25. The quantitative estimate of drug-likeness (QED) is 0.938. The normalized spacial score (nSPS) is 10.1. The van der Waals surface area contributed by atoms with E-state index in [4.69, 9.17) is 10.5 Å². The van der Waals surface area contributed by atoms with E-state index in [-0.39, 0.29) is 0 Å². The third-order valence-electron chi connectivity index (χ3n) is 1.99. The van der Waals surface area contributed by atoms with Gasteiger partial charge in [0.25, 0.3) is 0 Å². The van der Waals surface area contributed by atoms with E-state index in [0.29, 0.717) is 18.3 Å². The van der Waals surface area contributed by atoms with E-state index in [2.05, 4.69) is 25.9 Å². The molecule has 0 amide bonds. The first-order valence-corrected chi connectivity index (χ1v) is 5.52. The molecule has 0 atom stereocenters. The third kappa shape index (κ3) is 2.56. The first-order chi connectivity index (χ1) is 7.79. The van der Waals surface area contributed by atoms with E-state index in [1.54, 1.807) is 18.5 Å². The Labute approximate surface area is 102 Å². The maximum atomic E-state index is 5.63. The maximum absolute atomic E-state index is 5.63. The summed E-state index contributed by atoms with van der Waals surface area (Å²) in [4.78, 5) is 7.97. The van der Waals surface area contributed by atoms with Gasteiger partial charge in [0.1, 0.15) is 5.75 Å². The minimum absolute atomic E-state index is 0.319. The van der Waals surface area contributed by atoms with Crippen LogP contribution < -0.4 is 10.5 Å². The van der Waals surface area contributed by atoms with Crippen molar-refractivity contribution < 1.29 is 4.74 Å². The molecule has 2 aromatic rings. The van der Waals surface area contributed by atoms with Gasteiger partial charge >= 0.3 is 6.01 Å². The minimum atomic E-state index is 0.319. The lowest BCUT2D eigenvalue weighted by Crippen LogP contribution is -2.00. The topological polar surface area (TPSA) is 61.0 Å². The summed E-state index contributed by atoms with van der Waals surface area (Å²) < 4.78 is 6.50. The fourth-order valence-corrected chi connectivity index (χ4v) is 1.65. The zero-order valence-electron chi connectivity index (χ0n) is 8.43. The lowest BCUT2D eigenvalue weighted by Gasteiger charge is -2.08. The second-order valence-electron chi connectivity index (χ2n) is 3.09. The van der Waals surface area contributed by atoms with Gasteiger partial charge in [0, 0.05) is 29.0 Å². The maximum Gasteiger partial charge on any atom is 0.321 e. The molecular weight excluding hydrogens is 270 g/mol. The molecule has 0 aliphatic rings. The van der Waals surface area contributed by atoms with E-state index in [1.165, 1.54) is 0 Å². The van der Waals surface area contributed by atoms with Crippen molar-refractivity contribution in [3.05, 3.63) is 46.7 Å². The molecule has 16 heavy (non-hydrogen) atoms. The van der Waals surface area contributed by atoms with Crippen molar-refractivity contribution in [2.24, 2.45) is 5.73 Å². The van der Waals surface area contributed by atoms with Crippen molar-refractivity contribution in [2.45, 2.75) is 6.54 Å². The molecular formula is C11H10BrN3O. The van der Waals surface area contributed by atoms with Gasteiger partial charge in [-0.25, -0.2) is 9.97 Å². The number of ether oxygens (including phenoxy) is 1. The van der Waals surface area contributed by atoms with Crippen LogP contribution in [0.5, 0.6) is 11.8 Å². The summed E-state index contributed by atoms with van der Waals surface area (Å²) in [7, 11) is 0. The Kier molecular flexibility index (Phi) is 3.48. The van der Waals surface area contributed by atoms with Gasteiger partial charge in [-0.1, -0.05) is 15.9 Å². The van der Waals surface area contributed by atoms with Crippen LogP contribution in [0.4, 0.5) is 0 Å². The fourth-order valence-electron chi connectivity index (χ4n) is 1.24. The van der Waals surface area contributed by atoms with Crippen LogP contribution in [-0.4, -0.2) is 9.97 Å². The van der Waals surface area contributed by atoms with E-state index in [0.717, 1.165) is 10.0 Å². The van der Waals surface area contributed by atoms with Gasteiger partial charge in [-0.2, -0.15) is 0 Å². The second kappa shape index (κ2) is 5.05. The van der Waals surface area contributed by atoms with E-state index in [1.807, 2.05) is 18.2 Å². The first-order valence-electron chi connectivity index (χ1n) is 4.73. The highest BCUT2D eigenvalue weighted by Gasteiger charge is 2.05. The molecule has 5 heteroatoms. The van der Waals surface area contributed by atoms with Crippen LogP contribution in [0.2, 0.25) is 0 Å². The number of hydrogen-bond acceptors (Lipinski definition) is 4. The molecule has 0 saturated heterocycles. The number of aromatic nitrogens is 2. The van der Waals surface area contributed by atoms with Crippen molar-refractivity contribution in [2.75, 3.05) is 0 Å². The lowest BCUT2D eigenvalue weighted by molar-refractivity contribution is 0.436. The molecule has 0 saturated carbocycles. The van der Waals surface area contributed by atoms with E-state index < -0.39 is 0 Å².